The molecular weight excluding hydrogens is 448 g/mol. The molecule has 0 saturated carbocycles. The summed E-state index contributed by atoms with van der Waals surface area (Å²) in [6, 6.07) is 6.10. The fourth-order valence-corrected chi connectivity index (χ4v) is 4.50. The van der Waals surface area contributed by atoms with Crippen molar-refractivity contribution in [2.45, 2.75) is 58.0 Å². The van der Waals surface area contributed by atoms with Gasteiger partial charge in [-0.2, -0.15) is 0 Å². The van der Waals surface area contributed by atoms with Crippen LogP contribution >= 0.6 is 0 Å². The van der Waals surface area contributed by atoms with Gasteiger partial charge in [0.05, 0.1) is 0 Å². The standard InChI is InChI=1S/C26H40N4O5/c1-3-19(2)24(28-23(32)11-8-20-6-9-21(31)10-7-20)25(33)30-15-13-29(14-16-30)17-18-35-26(34)22-5-4-12-27-22/h6-7,9-10,19,22,24,27,31H,3-5,8,11-18H2,1-2H3,(H,28,32). The first-order valence-corrected chi connectivity index (χ1v) is 12.9. The number of carbonyl (C=O) groups is 3. The molecule has 3 atom stereocenters. The number of ether oxygens (including phenoxy) is 1. The Morgan fingerprint density at radius 3 is 2.51 bits per heavy atom. The summed E-state index contributed by atoms with van der Waals surface area (Å²) < 4.78 is 5.41. The van der Waals surface area contributed by atoms with Gasteiger partial charge in [-0.05, 0) is 49.4 Å². The number of amides is 2. The molecule has 0 aromatic heterocycles. The molecule has 2 saturated heterocycles. The molecule has 35 heavy (non-hydrogen) atoms. The number of carbonyl (C=O) groups excluding carboxylic acids is 3. The molecule has 0 bridgehead atoms. The Hall–Kier alpha value is -2.65. The maximum Gasteiger partial charge on any atom is 0.323 e. The Balaban J connectivity index is 1.42. The van der Waals surface area contributed by atoms with Crippen LogP contribution in [0.5, 0.6) is 5.75 Å². The van der Waals surface area contributed by atoms with Gasteiger partial charge in [0.25, 0.3) is 0 Å². The fraction of sp³-hybridized carbons (Fsp3) is 0.654. The van der Waals surface area contributed by atoms with Crippen LogP contribution < -0.4 is 10.6 Å². The summed E-state index contributed by atoms with van der Waals surface area (Å²) in [6.07, 6.45) is 3.47. The number of nitrogens with zero attached hydrogens (tertiary/aromatic N) is 2. The van der Waals surface area contributed by atoms with Crippen LogP contribution in [0, 0.1) is 5.92 Å². The third kappa shape index (κ3) is 8.21. The van der Waals surface area contributed by atoms with Crippen LogP contribution in [0.25, 0.3) is 0 Å². The van der Waals surface area contributed by atoms with E-state index in [9.17, 15) is 19.5 Å². The fourth-order valence-electron chi connectivity index (χ4n) is 4.50. The highest BCUT2D eigenvalue weighted by Crippen LogP contribution is 2.15. The molecule has 2 heterocycles. The molecule has 9 heteroatoms. The monoisotopic (exact) mass is 488 g/mol. The zero-order valence-electron chi connectivity index (χ0n) is 21.0. The van der Waals surface area contributed by atoms with Crippen LogP contribution in [0.4, 0.5) is 0 Å². The molecule has 194 valence electrons. The van der Waals surface area contributed by atoms with E-state index in [2.05, 4.69) is 15.5 Å². The van der Waals surface area contributed by atoms with Crippen molar-refractivity contribution in [1.29, 1.82) is 0 Å². The highest BCUT2D eigenvalue weighted by Gasteiger charge is 2.32. The lowest BCUT2D eigenvalue weighted by molar-refractivity contribution is -0.146. The number of nitrogens with one attached hydrogen (secondary N) is 2. The second kappa shape index (κ2) is 13.4. The van der Waals surface area contributed by atoms with Crippen molar-refractivity contribution < 1.29 is 24.2 Å². The van der Waals surface area contributed by atoms with Crippen molar-refractivity contribution in [3.8, 4) is 5.75 Å². The number of hydrogen-bond donors (Lipinski definition) is 3. The molecule has 3 rings (SSSR count). The van der Waals surface area contributed by atoms with Crippen LogP contribution in [0.15, 0.2) is 24.3 Å². The molecule has 2 aliphatic rings. The summed E-state index contributed by atoms with van der Waals surface area (Å²) in [5.74, 6) is -0.122. The van der Waals surface area contributed by atoms with Crippen molar-refractivity contribution in [2.24, 2.45) is 5.92 Å². The minimum atomic E-state index is -0.543. The molecule has 0 spiro atoms. The highest BCUT2D eigenvalue weighted by atomic mass is 16.5. The molecule has 2 fully saturated rings. The van der Waals surface area contributed by atoms with Crippen molar-refractivity contribution in [1.82, 2.24) is 20.4 Å². The van der Waals surface area contributed by atoms with Gasteiger partial charge in [-0.15, -0.1) is 0 Å². The van der Waals surface area contributed by atoms with Gasteiger partial charge in [0.1, 0.15) is 24.4 Å². The van der Waals surface area contributed by atoms with Gasteiger partial charge in [0.15, 0.2) is 0 Å². The van der Waals surface area contributed by atoms with E-state index in [1.165, 1.54) is 0 Å². The maximum absolute atomic E-state index is 13.3. The predicted octanol–water partition coefficient (Wildman–Crippen LogP) is 1.30. The first-order chi connectivity index (χ1) is 16.9. The van der Waals surface area contributed by atoms with Crippen molar-refractivity contribution in [3.63, 3.8) is 0 Å². The lowest BCUT2D eigenvalue weighted by Gasteiger charge is -2.37. The van der Waals surface area contributed by atoms with E-state index in [0.29, 0.717) is 45.8 Å². The van der Waals surface area contributed by atoms with Crippen molar-refractivity contribution in [2.75, 3.05) is 45.9 Å². The van der Waals surface area contributed by atoms with Crippen molar-refractivity contribution in [3.05, 3.63) is 29.8 Å². The topological polar surface area (TPSA) is 111 Å². The van der Waals surface area contributed by atoms with Crippen LogP contribution in [-0.2, 0) is 25.5 Å². The SMILES string of the molecule is CCC(C)C(NC(=O)CCc1ccc(O)cc1)C(=O)N1CCN(CCOC(=O)C2CCCN2)CC1. The summed E-state index contributed by atoms with van der Waals surface area (Å²) >= 11 is 0. The summed E-state index contributed by atoms with van der Waals surface area (Å²) in [4.78, 5) is 42.0. The molecule has 0 radical (unpaired) electrons. The minimum Gasteiger partial charge on any atom is -0.508 e. The van der Waals surface area contributed by atoms with E-state index < -0.39 is 6.04 Å². The number of aryl methyl sites for hydroxylation is 1. The molecule has 1 aromatic carbocycles. The number of benzene rings is 1. The number of rotatable bonds is 11. The zero-order valence-corrected chi connectivity index (χ0v) is 21.0. The number of piperazine rings is 1. The molecule has 0 aliphatic carbocycles. The largest absolute Gasteiger partial charge is 0.508 e. The summed E-state index contributed by atoms with van der Waals surface area (Å²) in [7, 11) is 0. The van der Waals surface area contributed by atoms with Gasteiger partial charge in [0.2, 0.25) is 11.8 Å². The zero-order chi connectivity index (χ0) is 25.2. The van der Waals surface area contributed by atoms with Crippen LogP contribution in [0.3, 0.4) is 0 Å². The van der Waals surface area contributed by atoms with Gasteiger partial charge in [0, 0.05) is 39.1 Å². The number of aromatic hydroxyl groups is 1. The predicted molar refractivity (Wildman–Crippen MR) is 133 cm³/mol. The smallest absolute Gasteiger partial charge is 0.323 e. The van der Waals surface area contributed by atoms with Gasteiger partial charge >= 0.3 is 5.97 Å². The Bertz CT molecular complexity index is 833. The summed E-state index contributed by atoms with van der Waals surface area (Å²) in [6.45, 7) is 8.51. The molecular formula is C26H40N4O5. The highest BCUT2D eigenvalue weighted by molar-refractivity contribution is 5.88. The van der Waals surface area contributed by atoms with Gasteiger partial charge in [-0.25, -0.2) is 0 Å². The van der Waals surface area contributed by atoms with Crippen LogP contribution in [0.1, 0.15) is 45.1 Å². The third-order valence-electron chi connectivity index (χ3n) is 7.05. The van der Waals surface area contributed by atoms with Crippen LogP contribution in [0.2, 0.25) is 0 Å². The van der Waals surface area contributed by atoms with Gasteiger partial charge in [-0.1, -0.05) is 32.4 Å². The normalized spacial score (nSPS) is 20.3. The van der Waals surface area contributed by atoms with E-state index in [0.717, 1.165) is 31.4 Å². The third-order valence-corrected chi connectivity index (χ3v) is 7.05. The molecule has 3 unspecified atom stereocenters. The maximum atomic E-state index is 13.3. The first-order valence-electron chi connectivity index (χ1n) is 12.9. The van der Waals surface area contributed by atoms with E-state index in [4.69, 9.17) is 4.74 Å². The molecule has 9 nitrogen and oxygen atoms in total. The molecule has 3 N–H and O–H groups in total. The minimum absolute atomic E-state index is 0.0294. The average Bonchev–Trinajstić information content (AvgIpc) is 3.42. The van der Waals surface area contributed by atoms with Gasteiger partial charge < -0.3 is 25.4 Å². The second-order valence-corrected chi connectivity index (χ2v) is 9.58. The average molecular weight is 489 g/mol. The Labute approximate surface area is 208 Å². The van der Waals surface area contributed by atoms with Crippen molar-refractivity contribution >= 4 is 17.8 Å². The van der Waals surface area contributed by atoms with E-state index >= 15 is 0 Å². The summed E-state index contributed by atoms with van der Waals surface area (Å²) in [5, 5.41) is 15.5. The number of hydrogen-bond acceptors (Lipinski definition) is 7. The Morgan fingerprint density at radius 1 is 1.17 bits per heavy atom. The number of esters is 1. The number of phenolic OH excluding ortho intramolecular Hbond substituents is 1. The Kier molecular flexibility index (Phi) is 10.3. The molecule has 2 amide bonds. The number of phenols is 1. The second-order valence-electron chi connectivity index (χ2n) is 9.58. The molecule has 2 aliphatic heterocycles. The van der Waals surface area contributed by atoms with Crippen LogP contribution in [-0.4, -0.2) is 90.6 Å². The quantitative estimate of drug-likeness (QED) is 0.403. The van der Waals surface area contributed by atoms with E-state index in [1.807, 2.05) is 18.7 Å². The Morgan fingerprint density at radius 2 is 1.89 bits per heavy atom. The lowest BCUT2D eigenvalue weighted by Crippen LogP contribution is -2.57. The molecule has 1 aromatic rings. The van der Waals surface area contributed by atoms with Gasteiger partial charge in [-0.3, -0.25) is 19.3 Å². The first kappa shape index (κ1) is 26.9. The lowest BCUT2D eigenvalue weighted by atomic mass is 9.97. The van der Waals surface area contributed by atoms with E-state index in [-0.39, 0.29) is 41.9 Å². The summed E-state index contributed by atoms with van der Waals surface area (Å²) in [5.41, 5.74) is 0.964. The van der Waals surface area contributed by atoms with E-state index in [1.54, 1.807) is 24.3 Å².